The van der Waals surface area contributed by atoms with Gasteiger partial charge in [-0.05, 0) is 38.1 Å². The van der Waals surface area contributed by atoms with E-state index < -0.39 is 17.7 Å². The quantitative estimate of drug-likeness (QED) is 0.864. The van der Waals surface area contributed by atoms with Gasteiger partial charge in [0, 0.05) is 18.7 Å². The molecule has 2 N–H and O–H groups in total. The van der Waals surface area contributed by atoms with Gasteiger partial charge >= 0.3 is 0 Å². The van der Waals surface area contributed by atoms with E-state index in [-0.39, 0.29) is 5.56 Å². The molecule has 124 valence electrons. The minimum atomic E-state index is -0.877. The molecule has 0 saturated carbocycles. The predicted molar refractivity (Wildman–Crippen MR) is 87.7 cm³/mol. The molecule has 7 heteroatoms. The summed E-state index contributed by atoms with van der Waals surface area (Å²) < 4.78 is 7.08. The third-order valence-corrected chi connectivity index (χ3v) is 4.14. The van der Waals surface area contributed by atoms with Gasteiger partial charge in [0.2, 0.25) is 0 Å². The number of aliphatic hydroxyl groups excluding tert-OH is 1. The van der Waals surface area contributed by atoms with Gasteiger partial charge in [-0.15, -0.1) is 0 Å². The summed E-state index contributed by atoms with van der Waals surface area (Å²) in [6, 6.07) is 9.61. The van der Waals surface area contributed by atoms with Crippen LogP contribution in [0.1, 0.15) is 31.0 Å². The maximum Gasteiger partial charge on any atom is 0.266 e. The van der Waals surface area contributed by atoms with Gasteiger partial charge in [0.05, 0.1) is 17.7 Å². The molecule has 0 fully saturated rings. The van der Waals surface area contributed by atoms with Crippen molar-refractivity contribution in [1.29, 1.82) is 5.26 Å². The van der Waals surface area contributed by atoms with Crippen molar-refractivity contribution < 1.29 is 9.84 Å². The molecule has 0 bridgehead atoms. The Labute approximate surface area is 139 Å². The first kappa shape index (κ1) is 16.0. The van der Waals surface area contributed by atoms with Crippen LogP contribution >= 0.6 is 0 Å². The van der Waals surface area contributed by atoms with Crippen molar-refractivity contribution in [3.63, 3.8) is 0 Å². The number of aliphatic hydroxyl groups is 1. The Morgan fingerprint density at radius 3 is 2.79 bits per heavy atom. The van der Waals surface area contributed by atoms with Crippen molar-refractivity contribution in [1.82, 2.24) is 9.78 Å². The van der Waals surface area contributed by atoms with Crippen LogP contribution in [0.25, 0.3) is 0 Å². The highest BCUT2D eigenvalue weighted by Crippen LogP contribution is 2.41. The number of benzene rings is 1. The summed E-state index contributed by atoms with van der Waals surface area (Å²) in [4.78, 5) is 11.5. The molecule has 1 aromatic heterocycles. The molecule has 2 heterocycles. The first-order valence-electron chi connectivity index (χ1n) is 7.54. The monoisotopic (exact) mass is 326 g/mol. The second kappa shape index (κ2) is 5.65. The molecule has 7 nitrogen and oxygen atoms in total. The summed E-state index contributed by atoms with van der Waals surface area (Å²) in [6.45, 7) is 3.59. The van der Waals surface area contributed by atoms with E-state index in [9.17, 15) is 9.90 Å². The summed E-state index contributed by atoms with van der Waals surface area (Å²) in [5.74, 6) is 1.05. The second-order valence-corrected chi connectivity index (χ2v) is 6.32. The molecule has 0 amide bonds. The van der Waals surface area contributed by atoms with E-state index >= 15 is 0 Å². The Hall–Kier alpha value is -2.85. The van der Waals surface area contributed by atoms with E-state index in [1.165, 1.54) is 10.7 Å². The standard InChI is InChI=1S/C17H18N4O3/c1-17(2)16(23)15(19-13-6-7-14(22)21(3)20-13)11-8-10(9-18)4-5-12(11)24-17/h4-8,15-16,23H,1-3H3,(H,19,20). The second-order valence-electron chi connectivity index (χ2n) is 6.32. The fraction of sp³-hybridized carbons (Fsp3) is 0.353. The van der Waals surface area contributed by atoms with E-state index in [1.54, 1.807) is 45.2 Å². The Morgan fingerprint density at radius 1 is 1.38 bits per heavy atom. The van der Waals surface area contributed by atoms with Crippen molar-refractivity contribution in [3.8, 4) is 11.8 Å². The summed E-state index contributed by atoms with van der Waals surface area (Å²) in [5.41, 5.74) is 0.112. The van der Waals surface area contributed by atoms with Crippen LogP contribution in [0.4, 0.5) is 5.82 Å². The van der Waals surface area contributed by atoms with E-state index in [2.05, 4.69) is 16.5 Å². The fourth-order valence-electron chi connectivity index (χ4n) is 2.76. The number of hydrogen-bond acceptors (Lipinski definition) is 6. The molecule has 0 radical (unpaired) electrons. The lowest BCUT2D eigenvalue weighted by Gasteiger charge is -2.42. The van der Waals surface area contributed by atoms with Crippen molar-refractivity contribution in [2.24, 2.45) is 7.05 Å². The van der Waals surface area contributed by atoms with Gasteiger partial charge in [0.15, 0.2) is 0 Å². The van der Waals surface area contributed by atoms with Crippen molar-refractivity contribution in [3.05, 3.63) is 51.8 Å². The minimum Gasteiger partial charge on any atom is -0.485 e. The van der Waals surface area contributed by atoms with E-state index in [0.717, 1.165) is 0 Å². The maximum atomic E-state index is 11.5. The minimum absolute atomic E-state index is 0.222. The average molecular weight is 326 g/mol. The van der Waals surface area contributed by atoms with Gasteiger partial charge in [0.1, 0.15) is 23.3 Å². The molecule has 2 aromatic rings. The fourth-order valence-corrected chi connectivity index (χ4v) is 2.76. The number of aryl methyl sites for hydroxylation is 1. The molecule has 2 unspecified atom stereocenters. The number of aromatic nitrogens is 2. The number of ether oxygens (including phenoxy) is 1. The van der Waals surface area contributed by atoms with Crippen LogP contribution in [-0.4, -0.2) is 26.6 Å². The lowest BCUT2D eigenvalue weighted by molar-refractivity contribution is -0.0533. The molecular formula is C17H18N4O3. The number of hydrogen-bond donors (Lipinski definition) is 2. The number of anilines is 1. The predicted octanol–water partition coefficient (Wildman–Crippen LogP) is 1.34. The average Bonchev–Trinajstić information content (AvgIpc) is 2.54. The van der Waals surface area contributed by atoms with Gasteiger partial charge in [-0.1, -0.05) is 0 Å². The van der Waals surface area contributed by atoms with Crippen LogP contribution in [0.5, 0.6) is 5.75 Å². The Kier molecular flexibility index (Phi) is 3.78. The van der Waals surface area contributed by atoms with E-state index in [1.807, 2.05) is 0 Å². The topological polar surface area (TPSA) is 100 Å². The van der Waals surface area contributed by atoms with Crippen LogP contribution in [0.2, 0.25) is 0 Å². The Bertz CT molecular complexity index is 882. The Balaban J connectivity index is 2.06. The number of rotatable bonds is 2. The molecule has 1 aromatic carbocycles. The molecule has 0 saturated heterocycles. The molecule has 1 aliphatic rings. The summed E-state index contributed by atoms with van der Waals surface area (Å²) in [5, 5.41) is 27.1. The SMILES string of the molecule is Cn1nc(NC2c3cc(C#N)ccc3OC(C)(C)C2O)ccc1=O. The van der Waals surface area contributed by atoms with Gasteiger partial charge in [-0.2, -0.15) is 10.4 Å². The Morgan fingerprint density at radius 2 is 2.12 bits per heavy atom. The molecule has 0 spiro atoms. The zero-order valence-electron chi connectivity index (χ0n) is 13.6. The summed E-state index contributed by atoms with van der Waals surface area (Å²) in [7, 11) is 1.56. The maximum absolute atomic E-state index is 11.5. The normalized spacial score (nSPS) is 21.3. The van der Waals surface area contributed by atoms with Crippen LogP contribution in [0, 0.1) is 11.3 Å². The highest BCUT2D eigenvalue weighted by Gasteiger charge is 2.43. The zero-order chi connectivity index (χ0) is 17.5. The molecule has 1 aliphatic heterocycles. The van der Waals surface area contributed by atoms with Crippen LogP contribution < -0.4 is 15.6 Å². The van der Waals surface area contributed by atoms with Gasteiger partial charge < -0.3 is 15.2 Å². The zero-order valence-corrected chi connectivity index (χ0v) is 13.6. The third kappa shape index (κ3) is 2.72. The molecule has 2 atom stereocenters. The summed E-state index contributed by atoms with van der Waals surface area (Å²) >= 11 is 0. The van der Waals surface area contributed by atoms with Crippen LogP contribution in [0.15, 0.2) is 35.1 Å². The van der Waals surface area contributed by atoms with Gasteiger partial charge in [0.25, 0.3) is 5.56 Å². The molecule has 24 heavy (non-hydrogen) atoms. The largest absolute Gasteiger partial charge is 0.485 e. The van der Waals surface area contributed by atoms with Gasteiger partial charge in [-0.3, -0.25) is 4.79 Å². The lowest BCUT2D eigenvalue weighted by atomic mass is 9.86. The smallest absolute Gasteiger partial charge is 0.266 e. The van der Waals surface area contributed by atoms with Crippen LogP contribution in [-0.2, 0) is 7.05 Å². The van der Waals surface area contributed by atoms with Crippen molar-refractivity contribution >= 4 is 5.82 Å². The highest BCUT2D eigenvalue weighted by atomic mass is 16.5. The van der Waals surface area contributed by atoms with E-state index in [4.69, 9.17) is 10.00 Å². The molecule has 0 aliphatic carbocycles. The molecule has 3 rings (SSSR count). The number of nitrogens with one attached hydrogen (secondary N) is 1. The van der Waals surface area contributed by atoms with Crippen LogP contribution in [0.3, 0.4) is 0 Å². The number of fused-ring (bicyclic) bond motifs is 1. The van der Waals surface area contributed by atoms with Crippen molar-refractivity contribution in [2.45, 2.75) is 31.6 Å². The van der Waals surface area contributed by atoms with Crippen molar-refractivity contribution in [2.75, 3.05) is 5.32 Å². The first-order chi connectivity index (χ1) is 11.3. The number of nitriles is 1. The molecular weight excluding hydrogens is 308 g/mol. The first-order valence-corrected chi connectivity index (χ1v) is 7.54. The lowest BCUT2D eigenvalue weighted by Crippen LogP contribution is -2.50. The summed E-state index contributed by atoms with van der Waals surface area (Å²) in [6.07, 6.45) is -0.877. The third-order valence-electron chi connectivity index (χ3n) is 4.14. The van der Waals surface area contributed by atoms with Gasteiger partial charge in [-0.25, -0.2) is 4.68 Å². The van der Waals surface area contributed by atoms with E-state index in [0.29, 0.717) is 22.7 Å². The highest BCUT2D eigenvalue weighted by molar-refractivity contribution is 5.50. The number of nitrogens with zero attached hydrogens (tertiary/aromatic N) is 3.